The van der Waals surface area contributed by atoms with E-state index in [1.54, 1.807) is 0 Å². The van der Waals surface area contributed by atoms with Crippen LogP contribution >= 0.6 is 11.6 Å². The summed E-state index contributed by atoms with van der Waals surface area (Å²) in [6, 6.07) is 6.79. The van der Waals surface area contributed by atoms with Crippen LogP contribution in [-0.2, 0) is 9.53 Å². The number of carbonyl (C=O) groups excluding carboxylic acids is 2. The number of methoxy groups -OCH3 is 2. The molecule has 2 aromatic carbocycles. The summed E-state index contributed by atoms with van der Waals surface area (Å²) >= 11 is 6.08. The maximum Gasteiger partial charge on any atom is 0.338 e. The summed E-state index contributed by atoms with van der Waals surface area (Å²) in [6.07, 6.45) is 0. The molecule has 144 valence electrons. The van der Waals surface area contributed by atoms with Crippen LogP contribution in [-0.4, -0.2) is 32.7 Å². The molecule has 1 amide bonds. The smallest absolute Gasteiger partial charge is 0.338 e. The number of hydrogen-bond acceptors (Lipinski definition) is 5. The van der Waals surface area contributed by atoms with E-state index in [-0.39, 0.29) is 10.6 Å². The van der Waals surface area contributed by atoms with Crippen LogP contribution in [0.1, 0.15) is 27.0 Å². The van der Waals surface area contributed by atoms with Crippen molar-refractivity contribution in [3.05, 3.63) is 51.5 Å². The molecule has 0 aliphatic heterocycles. The minimum atomic E-state index is -0.689. The third-order valence-electron chi connectivity index (χ3n) is 3.95. The van der Waals surface area contributed by atoms with Gasteiger partial charge in [-0.05, 0) is 44.0 Å². The van der Waals surface area contributed by atoms with Gasteiger partial charge >= 0.3 is 5.97 Å². The number of amides is 1. The molecule has 0 bridgehead atoms. The molecule has 0 saturated heterocycles. The Kier molecular flexibility index (Phi) is 6.69. The fourth-order valence-electron chi connectivity index (χ4n) is 2.80. The third kappa shape index (κ3) is 4.92. The molecule has 0 saturated carbocycles. The normalized spacial score (nSPS) is 10.3. The van der Waals surface area contributed by atoms with E-state index in [1.165, 1.54) is 26.4 Å². The van der Waals surface area contributed by atoms with Gasteiger partial charge in [0.25, 0.3) is 5.91 Å². The maximum atomic E-state index is 12.2. The Morgan fingerprint density at radius 1 is 1.00 bits per heavy atom. The highest BCUT2D eigenvalue weighted by atomic mass is 35.5. The summed E-state index contributed by atoms with van der Waals surface area (Å²) in [5, 5.41) is 2.99. The first kappa shape index (κ1) is 20.6. The average molecular weight is 392 g/mol. The van der Waals surface area contributed by atoms with Gasteiger partial charge in [-0.2, -0.15) is 0 Å². The molecule has 0 fully saturated rings. The second kappa shape index (κ2) is 8.77. The van der Waals surface area contributed by atoms with Gasteiger partial charge in [0.05, 0.1) is 24.8 Å². The summed E-state index contributed by atoms with van der Waals surface area (Å²) in [7, 11) is 2.88. The molecule has 2 rings (SSSR count). The molecular formula is C20H22ClNO5. The Morgan fingerprint density at radius 3 is 2.19 bits per heavy atom. The number of ether oxygens (including phenoxy) is 3. The molecule has 0 atom stereocenters. The number of hydrogen-bond donors (Lipinski definition) is 1. The van der Waals surface area contributed by atoms with E-state index in [1.807, 2.05) is 32.9 Å². The average Bonchev–Trinajstić information content (AvgIpc) is 2.61. The number of aryl methyl sites for hydroxylation is 3. The van der Waals surface area contributed by atoms with Gasteiger partial charge in [-0.15, -0.1) is 0 Å². The van der Waals surface area contributed by atoms with Gasteiger partial charge in [0.15, 0.2) is 18.1 Å². The molecule has 0 spiro atoms. The molecule has 27 heavy (non-hydrogen) atoms. The summed E-state index contributed by atoms with van der Waals surface area (Å²) < 4.78 is 15.4. The quantitative estimate of drug-likeness (QED) is 0.751. The van der Waals surface area contributed by atoms with E-state index in [0.717, 1.165) is 22.4 Å². The monoisotopic (exact) mass is 391 g/mol. The third-order valence-corrected chi connectivity index (χ3v) is 4.23. The van der Waals surface area contributed by atoms with Crippen LogP contribution in [0, 0.1) is 20.8 Å². The number of carbonyl (C=O) groups is 2. The lowest BCUT2D eigenvalue weighted by Crippen LogP contribution is -2.22. The lowest BCUT2D eigenvalue weighted by atomic mass is 10.1. The maximum absolute atomic E-state index is 12.2. The molecular weight excluding hydrogens is 370 g/mol. The number of halogens is 1. The van der Waals surface area contributed by atoms with Crippen LogP contribution in [0.5, 0.6) is 11.5 Å². The van der Waals surface area contributed by atoms with Crippen LogP contribution in [0.2, 0.25) is 5.02 Å². The first-order valence-electron chi connectivity index (χ1n) is 8.23. The topological polar surface area (TPSA) is 73.9 Å². The molecule has 2 aromatic rings. The Balaban J connectivity index is 2.05. The minimum Gasteiger partial charge on any atom is -0.493 e. The van der Waals surface area contributed by atoms with Crippen molar-refractivity contribution in [1.82, 2.24) is 0 Å². The number of rotatable bonds is 6. The number of benzene rings is 2. The van der Waals surface area contributed by atoms with Crippen molar-refractivity contribution in [2.24, 2.45) is 0 Å². The van der Waals surface area contributed by atoms with E-state index < -0.39 is 18.5 Å². The number of anilines is 1. The van der Waals surface area contributed by atoms with Crippen LogP contribution in [0.4, 0.5) is 5.69 Å². The molecule has 0 aliphatic carbocycles. The molecule has 7 heteroatoms. The van der Waals surface area contributed by atoms with E-state index in [0.29, 0.717) is 11.5 Å². The van der Waals surface area contributed by atoms with Gasteiger partial charge in [0, 0.05) is 5.69 Å². The fraction of sp³-hybridized carbons (Fsp3) is 0.300. The summed E-state index contributed by atoms with van der Waals surface area (Å²) in [4.78, 5) is 24.4. The largest absolute Gasteiger partial charge is 0.493 e. The highest BCUT2D eigenvalue weighted by Crippen LogP contribution is 2.36. The Morgan fingerprint density at radius 2 is 1.63 bits per heavy atom. The SMILES string of the molecule is COc1cc(C(=O)OCC(=O)Nc2c(C)cc(C)cc2C)cc(Cl)c1OC. The van der Waals surface area contributed by atoms with Crippen molar-refractivity contribution >= 4 is 29.2 Å². The molecule has 1 N–H and O–H groups in total. The summed E-state index contributed by atoms with van der Waals surface area (Å²) in [6.45, 7) is 5.39. The first-order valence-corrected chi connectivity index (χ1v) is 8.61. The highest BCUT2D eigenvalue weighted by Gasteiger charge is 2.17. The summed E-state index contributed by atoms with van der Waals surface area (Å²) in [5.74, 6) is -0.499. The van der Waals surface area contributed by atoms with Gasteiger partial charge in [0.2, 0.25) is 0 Å². The lowest BCUT2D eigenvalue weighted by Gasteiger charge is -2.13. The van der Waals surface area contributed by atoms with E-state index >= 15 is 0 Å². The predicted molar refractivity (Wildman–Crippen MR) is 104 cm³/mol. The molecule has 0 aromatic heterocycles. The fourth-order valence-corrected chi connectivity index (χ4v) is 3.09. The lowest BCUT2D eigenvalue weighted by molar-refractivity contribution is -0.119. The van der Waals surface area contributed by atoms with Gasteiger partial charge in [-0.3, -0.25) is 4.79 Å². The molecule has 0 aliphatic rings. The van der Waals surface area contributed by atoms with Crippen molar-refractivity contribution < 1.29 is 23.8 Å². The van der Waals surface area contributed by atoms with Gasteiger partial charge < -0.3 is 19.5 Å². The molecule has 0 unspecified atom stereocenters. The zero-order valence-electron chi connectivity index (χ0n) is 15.9. The first-order chi connectivity index (χ1) is 12.8. The van der Waals surface area contributed by atoms with Crippen molar-refractivity contribution in [2.75, 3.05) is 26.1 Å². The molecule has 6 nitrogen and oxygen atoms in total. The van der Waals surface area contributed by atoms with Crippen molar-refractivity contribution in [3.63, 3.8) is 0 Å². The van der Waals surface area contributed by atoms with E-state index in [2.05, 4.69) is 5.32 Å². The van der Waals surface area contributed by atoms with Crippen LogP contribution in [0.3, 0.4) is 0 Å². The number of nitrogens with one attached hydrogen (secondary N) is 1. The van der Waals surface area contributed by atoms with Crippen molar-refractivity contribution in [2.45, 2.75) is 20.8 Å². The van der Waals surface area contributed by atoms with Gasteiger partial charge in [0.1, 0.15) is 0 Å². The predicted octanol–water partition coefficient (Wildman–Crippen LogP) is 4.08. The van der Waals surface area contributed by atoms with Crippen molar-refractivity contribution in [3.8, 4) is 11.5 Å². The highest BCUT2D eigenvalue weighted by molar-refractivity contribution is 6.32. The summed E-state index contributed by atoms with van der Waals surface area (Å²) in [5.41, 5.74) is 3.88. The Hall–Kier alpha value is -2.73. The standard InChI is InChI=1S/C20H22ClNO5/c1-11-6-12(2)18(13(3)7-11)22-17(23)10-27-20(24)14-8-15(21)19(26-5)16(9-14)25-4/h6-9H,10H2,1-5H3,(H,22,23). The second-order valence-corrected chi connectivity index (χ2v) is 6.50. The minimum absolute atomic E-state index is 0.160. The Labute approximate surface area is 163 Å². The second-order valence-electron chi connectivity index (χ2n) is 6.09. The van der Waals surface area contributed by atoms with Crippen LogP contribution in [0.15, 0.2) is 24.3 Å². The van der Waals surface area contributed by atoms with Crippen LogP contribution < -0.4 is 14.8 Å². The van der Waals surface area contributed by atoms with E-state index in [4.69, 9.17) is 25.8 Å². The van der Waals surface area contributed by atoms with Crippen LogP contribution in [0.25, 0.3) is 0 Å². The van der Waals surface area contributed by atoms with Crippen molar-refractivity contribution in [1.29, 1.82) is 0 Å². The van der Waals surface area contributed by atoms with Gasteiger partial charge in [-0.1, -0.05) is 29.3 Å². The number of esters is 1. The zero-order valence-corrected chi connectivity index (χ0v) is 16.7. The van der Waals surface area contributed by atoms with Gasteiger partial charge in [-0.25, -0.2) is 4.79 Å². The Bertz CT molecular complexity index is 856. The van der Waals surface area contributed by atoms with E-state index in [9.17, 15) is 9.59 Å². The zero-order chi connectivity index (χ0) is 20.1. The molecule has 0 radical (unpaired) electrons. The molecule has 0 heterocycles.